The van der Waals surface area contributed by atoms with Crippen LogP contribution < -0.4 is 15.3 Å². The number of likely N-dealkylation sites (N-methyl/N-ethyl adjacent to an activating group) is 1. The SMILES string of the molecule is Cc1ccc(N(C)C(=O)Cn2c(=O)n(C)c3c(-c4cc(C)c(OCc5nnc[nH]5)c(F)c4)cc(C)cc32)c(F)c1. The lowest BCUT2D eigenvalue weighted by Crippen LogP contribution is -2.34. The van der Waals surface area contributed by atoms with Crippen molar-refractivity contribution in [2.24, 2.45) is 7.05 Å². The van der Waals surface area contributed by atoms with Gasteiger partial charge in [-0.05, 0) is 79.4 Å². The van der Waals surface area contributed by atoms with Crippen molar-refractivity contribution in [3.05, 3.63) is 93.4 Å². The number of carbonyl (C=O) groups is 1. The smallest absolute Gasteiger partial charge is 0.329 e. The van der Waals surface area contributed by atoms with Gasteiger partial charge in [-0.25, -0.2) is 13.6 Å². The van der Waals surface area contributed by atoms with E-state index in [1.54, 1.807) is 39.1 Å². The number of aromatic nitrogens is 5. The number of nitrogens with zero attached hydrogens (tertiary/aromatic N) is 5. The number of benzene rings is 3. The van der Waals surface area contributed by atoms with E-state index in [9.17, 15) is 14.0 Å². The van der Waals surface area contributed by atoms with Crippen LogP contribution in [0, 0.1) is 32.4 Å². The van der Waals surface area contributed by atoms with Crippen molar-refractivity contribution < 1.29 is 18.3 Å². The van der Waals surface area contributed by atoms with Gasteiger partial charge in [0.2, 0.25) is 5.91 Å². The number of carbonyl (C=O) groups excluding carboxylic acids is 1. The number of aromatic amines is 1. The number of aryl methyl sites for hydroxylation is 4. The first-order valence-corrected chi connectivity index (χ1v) is 12.6. The Kier molecular flexibility index (Phi) is 6.97. The molecular formula is C29H28F2N6O3. The number of fused-ring (bicyclic) bond motifs is 1. The van der Waals surface area contributed by atoms with Crippen LogP contribution in [0.1, 0.15) is 22.5 Å². The predicted molar refractivity (Wildman–Crippen MR) is 147 cm³/mol. The van der Waals surface area contributed by atoms with E-state index in [4.69, 9.17) is 4.74 Å². The third-order valence-corrected chi connectivity index (χ3v) is 6.87. The lowest BCUT2D eigenvalue weighted by Gasteiger charge is -2.18. The normalized spacial score (nSPS) is 11.3. The summed E-state index contributed by atoms with van der Waals surface area (Å²) in [6.45, 7) is 5.08. The summed E-state index contributed by atoms with van der Waals surface area (Å²) in [5.74, 6) is -0.997. The van der Waals surface area contributed by atoms with Gasteiger partial charge in [0.15, 0.2) is 17.4 Å². The maximum absolute atomic E-state index is 15.3. The number of halogens is 2. The maximum Gasteiger partial charge on any atom is 0.329 e. The van der Waals surface area contributed by atoms with E-state index in [2.05, 4.69) is 15.2 Å². The Morgan fingerprint density at radius 3 is 2.50 bits per heavy atom. The van der Waals surface area contributed by atoms with Crippen molar-refractivity contribution >= 4 is 22.6 Å². The summed E-state index contributed by atoms with van der Waals surface area (Å²) in [5, 5.41) is 7.53. The predicted octanol–water partition coefficient (Wildman–Crippen LogP) is 4.57. The van der Waals surface area contributed by atoms with Gasteiger partial charge in [0.1, 0.15) is 25.3 Å². The van der Waals surface area contributed by atoms with Gasteiger partial charge in [-0.15, -0.1) is 10.2 Å². The molecule has 0 aliphatic heterocycles. The highest BCUT2D eigenvalue weighted by atomic mass is 19.1. The number of imidazole rings is 1. The maximum atomic E-state index is 15.3. The standard InChI is InChI=1S/C29H28F2N6O3/c1-16-6-7-23(21(30)9-16)35(4)26(38)13-37-24-10-17(2)8-20(27(24)36(5)29(37)39)19-11-18(3)28(22(31)12-19)40-14-25-32-15-33-34-25/h6-12,15H,13-14H2,1-5H3,(H,32,33,34). The molecule has 3 aromatic carbocycles. The largest absolute Gasteiger partial charge is 0.482 e. The summed E-state index contributed by atoms with van der Waals surface area (Å²) in [7, 11) is 3.08. The zero-order valence-electron chi connectivity index (χ0n) is 22.7. The molecule has 0 fully saturated rings. The number of anilines is 1. The molecule has 11 heteroatoms. The second-order valence-corrected chi connectivity index (χ2v) is 9.84. The second kappa shape index (κ2) is 10.4. The van der Waals surface area contributed by atoms with Gasteiger partial charge in [0, 0.05) is 19.7 Å². The summed E-state index contributed by atoms with van der Waals surface area (Å²) in [4.78, 5) is 30.5. The van der Waals surface area contributed by atoms with Gasteiger partial charge < -0.3 is 14.6 Å². The summed E-state index contributed by atoms with van der Waals surface area (Å²) in [5.41, 5.74) is 4.04. The third-order valence-electron chi connectivity index (χ3n) is 6.87. The summed E-state index contributed by atoms with van der Waals surface area (Å²) < 4.78 is 38.2. The molecule has 2 aromatic heterocycles. The highest BCUT2D eigenvalue weighted by Gasteiger charge is 2.22. The van der Waals surface area contributed by atoms with E-state index in [1.807, 2.05) is 13.0 Å². The molecule has 2 heterocycles. The average Bonchev–Trinajstić information content (AvgIpc) is 3.50. The number of H-pyrrole nitrogens is 1. The van der Waals surface area contributed by atoms with E-state index in [1.165, 1.54) is 45.6 Å². The first-order valence-electron chi connectivity index (χ1n) is 12.6. The topological polar surface area (TPSA) is 98.0 Å². The van der Waals surface area contributed by atoms with Crippen LogP contribution in [-0.4, -0.2) is 37.3 Å². The number of hydrogen-bond acceptors (Lipinski definition) is 5. The highest BCUT2D eigenvalue weighted by Crippen LogP contribution is 2.34. The van der Waals surface area contributed by atoms with E-state index in [0.29, 0.717) is 33.5 Å². The van der Waals surface area contributed by atoms with Crippen LogP contribution in [0.5, 0.6) is 5.75 Å². The number of ether oxygens (including phenoxy) is 1. The van der Waals surface area contributed by atoms with Crippen molar-refractivity contribution in [3.8, 4) is 16.9 Å². The molecule has 0 unspecified atom stereocenters. The van der Waals surface area contributed by atoms with Crippen LogP contribution in [0.2, 0.25) is 0 Å². The number of amides is 1. The molecule has 0 atom stereocenters. The third kappa shape index (κ3) is 4.86. The van der Waals surface area contributed by atoms with Gasteiger partial charge in [-0.2, -0.15) is 0 Å². The fraction of sp³-hybridized carbons (Fsp3) is 0.241. The molecule has 206 valence electrons. The quantitative estimate of drug-likeness (QED) is 0.323. The number of hydrogen-bond donors (Lipinski definition) is 1. The van der Waals surface area contributed by atoms with Crippen molar-refractivity contribution in [1.29, 1.82) is 0 Å². The van der Waals surface area contributed by atoms with Crippen molar-refractivity contribution in [3.63, 3.8) is 0 Å². The Bertz CT molecular complexity index is 1780. The van der Waals surface area contributed by atoms with E-state index in [-0.39, 0.29) is 24.6 Å². The van der Waals surface area contributed by atoms with Crippen LogP contribution in [0.3, 0.4) is 0 Å². The van der Waals surface area contributed by atoms with Crippen molar-refractivity contribution in [2.75, 3.05) is 11.9 Å². The van der Waals surface area contributed by atoms with Crippen LogP contribution in [0.15, 0.2) is 53.6 Å². The first kappa shape index (κ1) is 26.8. The van der Waals surface area contributed by atoms with Gasteiger partial charge in [0.05, 0.1) is 16.7 Å². The van der Waals surface area contributed by atoms with E-state index >= 15 is 4.39 Å². The molecule has 1 amide bonds. The lowest BCUT2D eigenvalue weighted by atomic mass is 9.99. The lowest BCUT2D eigenvalue weighted by molar-refractivity contribution is -0.118. The minimum Gasteiger partial charge on any atom is -0.482 e. The molecule has 0 saturated carbocycles. The molecule has 0 saturated heterocycles. The average molecular weight is 547 g/mol. The van der Waals surface area contributed by atoms with Crippen LogP contribution >= 0.6 is 0 Å². The summed E-state index contributed by atoms with van der Waals surface area (Å²) in [6.07, 6.45) is 1.41. The van der Waals surface area contributed by atoms with Gasteiger partial charge in [0.25, 0.3) is 0 Å². The first-order chi connectivity index (χ1) is 19.0. The molecular weight excluding hydrogens is 518 g/mol. The Balaban J connectivity index is 1.53. The summed E-state index contributed by atoms with van der Waals surface area (Å²) in [6, 6.07) is 11.4. The zero-order valence-corrected chi connectivity index (χ0v) is 22.7. The second-order valence-electron chi connectivity index (χ2n) is 9.84. The molecule has 0 bridgehead atoms. The Labute approximate surface area is 228 Å². The minimum absolute atomic E-state index is 0.0259. The highest BCUT2D eigenvalue weighted by molar-refractivity contribution is 5.96. The Morgan fingerprint density at radius 2 is 1.82 bits per heavy atom. The number of nitrogens with one attached hydrogen (secondary N) is 1. The van der Waals surface area contributed by atoms with Crippen LogP contribution in [0.25, 0.3) is 22.2 Å². The van der Waals surface area contributed by atoms with Crippen molar-refractivity contribution in [2.45, 2.75) is 33.9 Å². The molecule has 5 aromatic rings. The van der Waals surface area contributed by atoms with Crippen LogP contribution in [0.4, 0.5) is 14.5 Å². The van der Waals surface area contributed by atoms with Gasteiger partial charge in [-0.1, -0.05) is 6.07 Å². The monoisotopic (exact) mass is 546 g/mol. The molecule has 5 rings (SSSR count). The number of rotatable bonds is 7. The van der Waals surface area contributed by atoms with Gasteiger partial charge in [-0.3, -0.25) is 13.9 Å². The fourth-order valence-corrected chi connectivity index (χ4v) is 4.84. The van der Waals surface area contributed by atoms with E-state index in [0.717, 1.165) is 11.1 Å². The molecule has 0 radical (unpaired) electrons. The molecule has 0 spiro atoms. The molecule has 0 aliphatic rings. The molecule has 0 aliphatic carbocycles. The molecule has 1 N–H and O–H groups in total. The molecule has 9 nitrogen and oxygen atoms in total. The minimum atomic E-state index is -0.564. The Hall–Kier alpha value is -4.80. The van der Waals surface area contributed by atoms with Gasteiger partial charge >= 0.3 is 5.69 Å². The zero-order chi connectivity index (χ0) is 28.7. The van der Waals surface area contributed by atoms with Crippen LogP contribution in [-0.2, 0) is 25.0 Å². The van der Waals surface area contributed by atoms with E-state index < -0.39 is 23.2 Å². The fourth-order valence-electron chi connectivity index (χ4n) is 4.84. The summed E-state index contributed by atoms with van der Waals surface area (Å²) >= 11 is 0. The molecule has 40 heavy (non-hydrogen) atoms. The Morgan fingerprint density at radius 1 is 1.05 bits per heavy atom. The van der Waals surface area contributed by atoms with Crippen molar-refractivity contribution in [1.82, 2.24) is 24.3 Å².